The van der Waals surface area contributed by atoms with Crippen LogP contribution in [-0.2, 0) is 9.84 Å². The number of rotatable bonds is 5. The van der Waals surface area contributed by atoms with Crippen LogP contribution in [0, 0.1) is 11.8 Å². The lowest BCUT2D eigenvalue weighted by molar-refractivity contribution is 0.265. The van der Waals surface area contributed by atoms with Crippen LogP contribution in [0.15, 0.2) is 4.99 Å². The van der Waals surface area contributed by atoms with E-state index in [4.69, 9.17) is 4.99 Å². The molecule has 0 aromatic carbocycles. The molecule has 3 fully saturated rings. The van der Waals surface area contributed by atoms with Gasteiger partial charge in [-0.1, -0.05) is 6.92 Å². The van der Waals surface area contributed by atoms with Crippen molar-refractivity contribution in [2.24, 2.45) is 16.8 Å². The van der Waals surface area contributed by atoms with Gasteiger partial charge in [-0.3, -0.25) is 9.89 Å². The molecular formula is C17H33IN4O2S. The third kappa shape index (κ3) is 6.23. The Labute approximate surface area is 169 Å². The summed E-state index contributed by atoms with van der Waals surface area (Å²) in [5.41, 5.74) is 0. The maximum Gasteiger partial charge on any atom is 0.191 e. The summed E-state index contributed by atoms with van der Waals surface area (Å²) in [6.45, 7) is 9.55. The lowest BCUT2D eigenvalue weighted by atomic mass is 10.1. The molecular weight excluding hydrogens is 451 g/mol. The smallest absolute Gasteiger partial charge is 0.191 e. The van der Waals surface area contributed by atoms with Gasteiger partial charge in [0.1, 0.15) is 0 Å². The minimum absolute atomic E-state index is 0. The second kappa shape index (κ2) is 8.73. The summed E-state index contributed by atoms with van der Waals surface area (Å²) in [6.07, 6.45) is 3.16. The number of sulfone groups is 1. The van der Waals surface area contributed by atoms with Gasteiger partial charge in [0.2, 0.25) is 0 Å². The number of nitrogens with zero attached hydrogens (tertiary/aromatic N) is 2. The molecule has 8 heteroatoms. The minimum atomic E-state index is -2.82. The van der Waals surface area contributed by atoms with Gasteiger partial charge in [-0.2, -0.15) is 0 Å². The van der Waals surface area contributed by atoms with E-state index in [1.54, 1.807) is 0 Å². The van der Waals surface area contributed by atoms with Crippen LogP contribution >= 0.6 is 24.0 Å². The highest BCUT2D eigenvalue weighted by Crippen LogP contribution is 2.22. The fraction of sp³-hybridized carbons (Fsp3) is 0.941. The zero-order valence-electron chi connectivity index (χ0n) is 15.6. The Balaban J connectivity index is 0.00000225. The number of hydrogen-bond donors (Lipinski definition) is 2. The molecule has 0 aromatic rings. The third-order valence-corrected chi connectivity index (χ3v) is 7.28. The van der Waals surface area contributed by atoms with Gasteiger partial charge in [-0.25, -0.2) is 8.42 Å². The fourth-order valence-corrected chi connectivity index (χ4v) is 5.43. The SMILES string of the molecule is CC1CN(C(C)C)CC1NC(=NCC1CCS(=O)(=O)C1)NC1CC1.I. The highest BCUT2D eigenvalue weighted by molar-refractivity contribution is 14.0. The molecule has 0 amide bonds. The number of guanidine groups is 1. The molecule has 6 nitrogen and oxygen atoms in total. The van der Waals surface area contributed by atoms with Gasteiger partial charge in [0.15, 0.2) is 15.8 Å². The molecule has 0 radical (unpaired) electrons. The zero-order chi connectivity index (χ0) is 17.3. The third-order valence-electron chi connectivity index (χ3n) is 5.45. The summed E-state index contributed by atoms with van der Waals surface area (Å²) in [5.74, 6) is 2.28. The quantitative estimate of drug-likeness (QED) is 0.351. The first kappa shape index (κ1) is 21.2. The van der Waals surface area contributed by atoms with E-state index < -0.39 is 9.84 Å². The summed E-state index contributed by atoms with van der Waals surface area (Å²) in [7, 11) is -2.82. The van der Waals surface area contributed by atoms with Gasteiger partial charge in [0, 0.05) is 37.8 Å². The zero-order valence-corrected chi connectivity index (χ0v) is 18.7. The highest BCUT2D eigenvalue weighted by atomic mass is 127. The lowest BCUT2D eigenvalue weighted by Crippen LogP contribution is -2.47. The Morgan fingerprint density at radius 1 is 1.20 bits per heavy atom. The first-order valence-corrected chi connectivity index (χ1v) is 11.2. The van der Waals surface area contributed by atoms with Crippen molar-refractivity contribution >= 4 is 39.8 Å². The van der Waals surface area contributed by atoms with Crippen molar-refractivity contribution in [3.05, 3.63) is 0 Å². The van der Waals surface area contributed by atoms with E-state index in [0.717, 1.165) is 25.5 Å². The van der Waals surface area contributed by atoms with E-state index in [1.807, 2.05) is 0 Å². The molecule has 0 spiro atoms. The van der Waals surface area contributed by atoms with Gasteiger partial charge in [0.05, 0.1) is 11.5 Å². The molecule has 3 unspecified atom stereocenters. The van der Waals surface area contributed by atoms with E-state index >= 15 is 0 Å². The Morgan fingerprint density at radius 2 is 1.92 bits per heavy atom. The molecule has 0 aromatic heterocycles. The van der Waals surface area contributed by atoms with Crippen LogP contribution < -0.4 is 10.6 Å². The number of aliphatic imine (C=N–C) groups is 1. The van der Waals surface area contributed by atoms with E-state index in [1.165, 1.54) is 12.8 Å². The molecule has 3 atom stereocenters. The number of halogens is 1. The highest BCUT2D eigenvalue weighted by Gasteiger charge is 2.33. The maximum absolute atomic E-state index is 11.6. The summed E-state index contributed by atoms with van der Waals surface area (Å²) < 4.78 is 23.2. The Hall–Kier alpha value is -0.0900. The van der Waals surface area contributed by atoms with Crippen molar-refractivity contribution in [2.45, 2.75) is 58.2 Å². The van der Waals surface area contributed by atoms with Gasteiger partial charge in [-0.15, -0.1) is 24.0 Å². The minimum Gasteiger partial charge on any atom is -0.354 e. The van der Waals surface area contributed by atoms with Crippen molar-refractivity contribution in [1.29, 1.82) is 0 Å². The Kier molecular flexibility index (Phi) is 7.41. The molecule has 25 heavy (non-hydrogen) atoms. The molecule has 2 heterocycles. The maximum atomic E-state index is 11.6. The molecule has 0 bridgehead atoms. The number of nitrogens with one attached hydrogen (secondary N) is 2. The van der Waals surface area contributed by atoms with Crippen LogP contribution in [0.3, 0.4) is 0 Å². The molecule has 1 saturated carbocycles. The Morgan fingerprint density at radius 3 is 2.44 bits per heavy atom. The molecule has 2 N–H and O–H groups in total. The first-order valence-electron chi connectivity index (χ1n) is 9.34. The normalized spacial score (nSPS) is 32.6. The average Bonchev–Trinajstić information content (AvgIpc) is 3.14. The number of hydrogen-bond acceptors (Lipinski definition) is 4. The van der Waals surface area contributed by atoms with E-state index in [2.05, 4.69) is 36.3 Å². The summed E-state index contributed by atoms with van der Waals surface area (Å²) >= 11 is 0. The number of likely N-dealkylation sites (tertiary alicyclic amines) is 1. The summed E-state index contributed by atoms with van der Waals surface area (Å²) in [4.78, 5) is 7.23. The standard InChI is InChI=1S/C17H32N4O2S.HI/c1-12(2)21-9-13(3)16(10-21)20-17(19-15-4-5-15)18-8-14-6-7-24(22,23)11-14;/h12-16H,4-11H2,1-3H3,(H2,18,19,20);1H. The topological polar surface area (TPSA) is 73.8 Å². The van der Waals surface area contributed by atoms with Crippen LogP contribution in [0.1, 0.15) is 40.0 Å². The Bertz CT molecular complexity index is 577. The average molecular weight is 484 g/mol. The lowest BCUT2D eigenvalue weighted by Gasteiger charge is -2.22. The monoisotopic (exact) mass is 484 g/mol. The summed E-state index contributed by atoms with van der Waals surface area (Å²) in [6, 6.07) is 1.52. The summed E-state index contributed by atoms with van der Waals surface area (Å²) in [5, 5.41) is 7.11. The molecule has 3 aliphatic rings. The molecule has 3 rings (SSSR count). The second-order valence-electron chi connectivity index (χ2n) is 8.15. The fourth-order valence-electron chi connectivity index (χ4n) is 3.58. The van der Waals surface area contributed by atoms with Crippen LogP contribution in [0.2, 0.25) is 0 Å². The van der Waals surface area contributed by atoms with Crippen molar-refractivity contribution < 1.29 is 8.42 Å². The van der Waals surface area contributed by atoms with Crippen LogP contribution in [-0.4, -0.2) is 68.5 Å². The predicted octanol–water partition coefficient (Wildman–Crippen LogP) is 1.47. The van der Waals surface area contributed by atoms with E-state index in [9.17, 15) is 8.42 Å². The van der Waals surface area contributed by atoms with Gasteiger partial charge in [0.25, 0.3) is 0 Å². The van der Waals surface area contributed by atoms with E-state index in [-0.39, 0.29) is 29.9 Å². The van der Waals surface area contributed by atoms with Gasteiger partial charge in [-0.05, 0) is 44.9 Å². The van der Waals surface area contributed by atoms with E-state index in [0.29, 0.717) is 42.1 Å². The van der Waals surface area contributed by atoms with Crippen LogP contribution in [0.5, 0.6) is 0 Å². The van der Waals surface area contributed by atoms with Gasteiger partial charge >= 0.3 is 0 Å². The molecule has 2 saturated heterocycles. The molecule has 146 valence electrons. The first-order chi connectivity index (χ1) is 11.3. The van der Waals surface area contributed by atoms with Crippen LogP contribution in [0.25, 0.3) is 0 Å². The van der Waals surface area contributed by atoms with Crippen molar-refractivity contribution in [2.75, 3.05) is 31.1 Å². The van der Waals surface area contributed by atoms with Crippen LogP contribution in [0.4, 0.5) is 0 Å². The van der Waals surface area contributed by atoms with Crippen molar-refractivity contribution in [3.63, 3.8) is 0 Å². The van der Waals surface area contributed by atoms with Crippen molar-refractivity contribution in [3.8, 4) is 0 Å². The molecule has 1 aliphatic carbocycles. The second-order valence-corrected chi connectivity index (χ2v) is 10.4. The largest absolute Gasteiger partial charge is 0.354 e. The van der Waals surface area contributed by atoms with Crippen molar-refractivity contribution in [1.82, 2.24) is 15.5 Å². The predicted molar refractivity (Wildman–Crippen MR) is 113 cm³/mol. The molecule has 2 aliphatic heterocycles. The van der Waals surface area contributed by atoms with Gasteiger partial charge < -0.3 is 10.6 Å².